The van der Waals surface area contributed by atoms with Gasteiger partial charge >= 0.3 is 0 Å². The first-order chi connectivity index (χ1) is 8.70. The molecule has 0 aliphatic rings. The molecule has 2 rings (SSSR count). The number of aliphatic hydroxyl groups excluding tert-OH is 1. The van der Waals surface area contributed by atoms with E-state index in [1.807, 2.05) is 0 Å². The Bertz CT molecular complexity index is 543. The van der Waals surface area contributed by atoms with E-state index in [1.54, 1.807) is 36.4 Å². The van der Waals surface area contributed by atoms with Gasteiger partial charge in [0.15, 0.2) is 0 Å². The van der Waals surface area contributed by atoms with Crippen LogP contribution >= 0.6 is 15.9 Å². The maximum Gasteiger partial charge on any atom is 0.134 e. The molecule has 0 saturated heterocycles. The molecule has 2 aromatic rings. The standard InChI is InChI=1S/C14H12BrFO2/c15-12-7-10(8-17)5-6-14(12)18-9-11-3-1-2-4-13(11)16/h1-7,17H,8-9H2. The summed E-state index contributed by atoms with van der Waals surface area (Å²) in [4.78, 5) is 0. The minimum atomic E-state index is -0.277. The van der Waals surface area contributed by atoms with Gasteiger partial charge in [0.25, 0.3) is 0 Å². The minimum absolute atomic E-state index is 0.0216. The summed E-state index contributed by atoms with van der Waals surface area (Å²) in [6.07, 6.45) is 0. The van der Waals surface area contributed by atoms with Crippen LogP contribution in [0.15, 0.2) is 46.9 Å². The van der Waals surface area contributed by atoms with Crippen molar-refractivity contribution >= 4 is 15.9 Å². The number of benzene rings is 2. The molecule has 0 heterocycles. The molecule has 2 nitrogen and oxygen atoms in total. The van der Waals surface area contributed by atoms with Crippen molar-refractivity contribution in [2.75, 3.05) is 0 Å². The molecule has 1 N–H and O–H groups in total. The van der Waals surface area contributed by atoms with Crippen LogP contribution in [-0.2, 0) is 13.2 Å². The van der Waals surface area contributed by atoms with Gasteiger partial charge in [0.1, 0.15) is 18.2 Å². The van der Waals surface area contributed by atoms with Crippen molar-refractivity contribution in [3.8, 4) is 5.75 Å². The van der Waals surface area contributed by atoms with E-state index in [-0.39, 0.29) is 19.0 Å². The van der Waals surface area contributed by atoms with Crippen LogP contribution < -0.4 is 4.74 Å². The van der Waals surface area contributed by atoms with Crippen LogP contribution in [0.3, 0.4) is 0 Å². The molecule has 2 aromatic carbocycles. The van der Waals surface area contributed by atoms with E-state index < -0.39 is 0 Å². The lowest BCUT2D eigenvalue weighted by molar-refractivity contribution is 0.280. The average Bonchev–Trinajstić information content (AvgIpc) is 2.39. The number of halogens is 2. The van der Waals surface area contributed by atoms with Crippen molar-refractivity contribution in [3.05, 3.63) is 63.9 Å². The molecule has 94 valence electrons. The quantitative estimate of drug-likeness (QED) is 0.934. The van der Waals surface area contributed by atoms with Gasteiger partial charge in [0.05, 0.1) is 11.1 Å². The van der Waals surface area contributed by atoms with Gasteiger partial charge in [0, 0.05) is 5.56 Å². The molecule has 0 aromatic heterocycles. The molecule has 18 heavy (non-hydrogen) atoms. The highest BCUT2D eigenvalue weighted by molar-refractivity contribution is 9.10. The first kappa shape index (κ1) is 13.1. The van der Waals surface area contributed by atoms with Crippen molar-refractivity contribution in [2.24, 2.45) is 0 Å². The Kier molecular flexibility index (Phi) is 4.33. The van der Waals surface area contributed by atoms with E-state index in [0.717, 1.165) is 10.0 Å². The monoisotopic (exact) mass is 310 g/mol. The van der Waals surface area contributed by atoms with E-state index in [1.165, 1.54) is 6.07 Å². The molecular formula is C14H12BrFO2. The molecule has 0 bridgehead atoms. The summed E-state index contributed by atoms with van der Waals surface area (Å²) in [7, 11) is 0. The van der Waals surface area contributed by atoms with Crippen LogP contribution in [0.4, 0.5) is 4.39 Å². The van der Waals surface area contributed by atoms with E-state index in [9.17, 15) is 4.39 Å². The predicted molar refractivity (Wildman–Crippen MR) is 70.8 cm³/mol. The van der Waals surface area contributed by atoms with Crippen molar-refractivity contribution in [3.63, 3.8) is 0 Å². The highest BCUT2D eigenvalue weighted by Crippen LogP contribution is 2.27. The van der Waals surface area contributed by atoms with Crippen LogP contribution in [0.2, 0.25) is 0 Å². The Balaban J connectivity index is 2.09. The SMILES string of the molecule is OCc1ccc(OCc2ccccc2F)c(Br)c1. The second kappa shape index (κ2) is 5.98. The minimum Gasteiger partial charge on any atom is -0.488 e. The molecule has 0 fully saturated rings. The maximum atomic E-state index is 13.4. The molecule has 4 heteroatoms. The molecule has 0 unspecified atom stereocenters. The van der Waals surface area contributed by atoms with Gasteiger partial charge in [-0.1, -0.05) is 24.3 Å². The lowest BCUT2D eigenvalue weighted by atomic mass is 10.2. The van der Waals surface area contributed by atoms with E-state index in [0.29, 0.717) is 11.3 Å². The zero-order valence-electron chi connectivity index (χ0n) is 9.57. The summed E-state index contributed by atoms with van der Waals surface area (Å²) < 4.78 is 19.7. The largest absolute Gasteiger partial charge is 0.488 e. The normalized spacial score (nSPS) is 10.4. The van der Waals surface area contributed by atoms with E-state index in [4.69, 9.17) is 9.84 Å². The summed E-state index contributed by atoms with van der Waals surface area (Å²) in [5, 5.41) is 8.99. The van der Waals surface area contributed by atoms with E-state index in [2.05, 4.69) is 15.9 Å². The maximum absolute atomic E-state index is 13.4. The van der Waals surface area contributed by atoms with Crippen molar-refractivity contribution < 1.29 is 14.2 Å². The lowest BCUT2D eigenvalue weighted by Crippen LogP contribution is -1.99. The Morgan fingerprint density at radius 2 is 1.94 bits per heavy atom. The average molecular weight is 311 g/mol. The zero-order valence-corrected chi connectivity index (χ0v) is 11.2. The lowest BCUT2D eigenvalue weighted by Gasteiger charge is -2.09. The smallest absolute Gasteiger partial charge is 0.134 e. The fourth-order valence-electron chi connectivity index (χ4n) is 1.53. The summed E-state index contributed by atoms with van der Waals surface area (Å²) >= 11 is 3.35. The summed E-state index contributed by atoms with van der Waals surface area (Å²) in [5.41, 5.74) is 1.30. The van der Waals surface area contributed by atoms with Gasteiger partial charge in [-0.3, -0.25) is 0 Å². The topological polar surface area (TPSA) is 29.5 Å². The third kappa shape index (κ3) is 3.09. The van der Waals surface area contributed by atoms with Crippen LogP contribution in [0.1, 0.15) is 11.1 Å². The van der Waals surface area contributed by atoms with Crippen LogP contribution in [0, 0.1) is 5.82 Å². The Labute approximate surface area is 113 Å². The zero-order chi connectivity index (χ0) is 13.0. The third-order valence-electron chi connectivity index (χ3n) is 2.52. The number of rotatable bonds is 4. The second-order valence-electron chi connectivity index (χ2n) is 3.80. The van der Waals surface area contributed by atoms with Gasteiger partial charge in [-0.05, 0) is 39.7 Å². The molecule has 0 amide bonds. The van der Waals surface area contributed by atoms with Crippen LogP contribution in [0.5, 0.6) is 5.75 Å². The molecular weight excluding hydrogens is 299 g/mol. The first-order valence-electron chi connectivity index (χ1n) is 5.46. The van der Waals surface area contributed by atoms with Gasteiger partial charge in [-0.25, -0.2) is 4.39 Å². The van der Waals surface area contributed by atoms with Crippen molar-refractivity contribution in [2.45, 2.75) is 13.2 Å². The summed E-state index contributed by atoms with van der Waals surface area (Å²) in [6.45, 7) is 0.149. The van der Waals surface area contributed by atoms with Crippen LogP contribution in [-0.4, -0.2) is 5.11 Å². The van der Waals surface area contributed by atoms with Gasteiger partial charge in [-0.15, -0.1) is 0 Å². The Morgan fingerprint density at radius 3 is 2.61 bits per heavy atom. The third-order valence-corrected chi connectivity index (χ3v) is 3.14. The molecule has 0 aliphatic carbocycles. The Hall–Kier alpha value is -1.39. The molecule has 0 spiro atoms. The second-order valence-corrected chi connectivity index (χ2v) is 4.66. The number of ether oxygens (including phenoxy) is 1. The number of hydrogen-bond acceptors (Lipinski definition) is 2. The molecule has 0 aliphatic heterocycles. The fourth-order valence-corrected chi connectivity index (χ4v) is 2.07. The highest BCUT2D eigenvalue weighted by Gasteiger charge is 2.05. The fraction of sp³-hybridized carbons (Fsp3) is 0.143. The van der Waals surface area contributed by atoms with Gasteiger partial charge in [-0.2, -0.15) is 0 Å². The highest BCUT2D eigenvalue weighted by atomic mass is 79.9. The van der Waals surface area contributed by atoms with Crippen molar-refractivity contribution in [1.82, 2.24) is 0 Å². The number of hydrogen-bond donors (Lipinski definition) is 1. The summed E-state index contributed by atoms with van der Waals surface area (Å²) in [5.74, 6) is 0.344. The Morgan fingerprint density at radius 1 is 1.17 bits per heavy atom. The number of aliphatic hydroxyl groups is 1. The first-order valence-corrected chi connectivity index (χ1v) is 6.25. The van der Waals surface area contributed by atoms with Crippen molar-refractivity contribution in [1.29, 1.82) is 0 Å². The molecule has 0 atom stereocenters. The van der Waals surface area contributed by atoms with Gasteiger partial charge < -0.3 is 9.84 Å². The van der Waals surface area contributed by atoms with Crippen LogP contribution in [0.25, 0.3) is 0 Å². The molecule has 0 saturated carbocycles. The van der Waals surface area contributed by atoms with E-state index >= 15 is 0 Å². The molecule has 0 radical (unpaired) electrons. The predicted octanol–water partition coefficient (Wildman–Crippen LogP) is 3.66. The van der Waals surface area contributed by atoms with Gasteiger partial charge in [0.2, 0.25) is 0 Å². The summed E-state index contributed by atoms with van der Waals surface area (Å²) in [6, 6.07) is 11.8.